The molecule has 6 heteroatoms. The molecule has 0 aromatic carbocycles. The molecule has 0 spiro atoms. The highest BCUT2D eigenvalue weighted by Gasteiger charge is 2.19. The van der Waals surface area contributed by atoms with Crippen molar-refractivity contribution < 1.29 is 28.6 Å². The van der Waals surface area contributed by atoms with Crippen LogP contribution in [-0.2, 0) is 28.6 Å². The molecule has 1 atom stereocenters. The lowest BCUT2D eigenvalue weighted by molar-refractivity contribution is -0.167. The minimum Gasteiger partial charge on any atom is -0.462 e. The quantitative estimate of drug-likeness (QED) is 0.0262. The Kier molecular flexibility index (Phi) is 51.9. The van der Waals surface area contributed by atoms with Crippen molar-refractivity contribution in [3.63, 3.8) is 0 Å². The van der Waals surface area contributed by atoms with Crippen LogP contribution in [0.5, 0.6) is 0 Å². The normalized spacial score (nSPS) is 12.6. The summed E-state index contributed by atoms with van der Waals surface area (Å²) in [5, 5.41) is 0. The lowest BCUT2D eigenvalue weighted by Crippen LogP contribution is -2.30. The number of esters is 3. The summed E-state index contributed by atoms with van der Waals surface area (Å²) in [5.74, 6) is -0.905. The first kappa shape index (κ1) is 62.8. The van der Waals surface area contributed by atoms with E-state index in [1.54, 1.807) is 0 Å². The Labute approximate surface area is 408 Å². The van der Waals surface area contributed by atoms with E-state index >= 15 is 0 Å². The second kappa shape index (κ2) is 54.5. The maximum atomic E-state index is 12.8. The highest BCUT2D eigenvalue weighted by atomic mass is 16.6. The molecule has 0 bridgehead atoms. The van der Waals surface area contributed by atoms with Gasteiger partial charge < -0.3 is 14.2 Å². The van der Waals surface area contributed by atoms with E-state index in [1.807, 2.05) is 0 Å². The topological polar surface area (TPSA) is 78.9 Å². The fourth-order valence-electron chi connectivity index (χ4n) is 7.70. The zero-order valence-electron chi connectivity index (χ0n) is 43.4. The molecular weight excluding hydrogens is 817 g/mol. The summed E-state index contributed by atoms with van der Waals surface area (Å²) in [6.45, 7) is 6.48. The van der Waals surface area contributed by atoms with Gasteiger partial charge in [0.1, 0.15) is 13.2 Å². The standard InChI is InChI=1S/C60H104O6/c1-4-7-10-13-16-19-22-24-26-28-29-30-31-32-34-35-38-41-44-47-50-53-59(62)65-56-57(55-64-58(61)52-49-46-43-40-37-21-18-15-12-9-6-3)66-60(63)54-51-48-45-42-39-36-33-27-25-23-20-17-14-11-8-5-2/h7,10,15-16,18-19,24,26-27,29-30,33,57H,4-6,8-9,11-14,17,20-23,25,28,31-32,34-56H2,1-3H3/b10-7-,18-15-,19-16-,26-24-,30-29-,33-27-. The maximum Gasteiger partial charge on any atom is 0.306 e. The molecule has 0 N–H and O–H groups in total. The number of allylic oxidation sites excluding steroid dienone is 12. The molecule has 0 saturated heterocycles. The molecule has 6 nitrogen and oxygen atoms in total. The van der Waals surface area contributed by atoms with Crippen molar-refractivity contribution in [2.45, 2.75) is 277 Å². The third-order valence-corrected chi connectivity index (χ3v) is 11.9. The third kappa shape index (κ3) is 51.8. The highest BCUT2D eigenvalue weighted by molar-refractivity contribution is 5.71. The molecule has 66 heavy (non-hydrogen) atoms. The fraction of sp³-hybridized carbons (Fsp3) is 0.750. The van der Waals surface area contributed by atoms with Crippen LogP contribution >= 0.6 is 0 Å². The monoisotopic (exact) mass is 921 g/mol. The number of ether oxygens (including phenoxy) is 3. The minimum absolute atomic E-state index is 0.0852. The van der Waals surface area contributed by atoms with Gasteiger partial charge in [0.05, 0.1) is 0 Å². The zero-order valence-corrected chi connectivity index (χ0v) is 43.4. The van der Waals surface area contributed by atoms with Crippen LogP contribution in [0, 0.1) is 0 Å². The van der Waals surface area contributed by atoms with Gasteiger partial charge in [-0.3, -0.25) is 14.4 Å². The summed E-state index contributed by atoms with van der Waals surface area (Å²) < 4.78 is 16.8. The second-order valence-electron chi connectivity index (χ2n) is 18.5. The molecule has 0 aliphatic rings. The predicted molar refractivity (Wildman–Crippen MR) is 284 cm³/mol. The number of carbonyl (C=O) groups is 3. The van der Waals surface area contributed by atoms with Gasteiger partial charge in [0, 0.05) is 19.3 Å². The smallest absolute Gasteiger partial charge is 0.306 e. The molecule has 0 rings (SSSR count). The Bertz CT molecular complexity index is 1240. The molecule has 0 heterocycles. The number of carbonyl (C=O) groups excluding carboxylic acids is 3. The Morgan fingerprint density at radius 1 is 0.318 bits per heavy atom. The van der Waals surface area contributed by atoms with Gasteiger partial charge in [0.2, 0.25) is 0 Å². The minimum atomic E-state index is -0.786. The van der Waals surface area contributed by atoms with Gasteiger partial charge in [-0.2, -0.15) is 0 Å². The van der Waals surface area contributed by atoms with Gasteiger partial charge in [0.15, 0.2) is 6.10 Å². The molecule has 0 amide bonds. The largest absolute Gasteiger partial charge is 0.462 e. The average Bonchev–Trinajstić information content (AvgIpc) is 3.31. The number of unbranched alkanes of at least 4 members (excludes halogenated alkanes) is 27. The lowest BCUT2D eigenvalue weighted by Gasteiger charge is -2.18. The average molecular weight is 921 g/mol. The third-order valence-electron chi connectivity index (χ3n) is 11.9. The summed E-state index contributed by atoms with van der Waals surface area (Å²) in [7, 11) is 0. The summed E-state index contributed by atoms with van der Waals surface area (Å²) in [6, 6.07) is 0. The lowest BCUT2D eigenvalue weighted by atomic mass is 10.1. The molecule has 380 valence electrons. The number of rotatable bonds is 50. The van der Waals surface area contributed by atoms with Gasteiger partial charge in [-0.05, 0) is 103 Å². The van der Waals surface area contributed by atoms with E-state index in [1.165, 1.54) is 122 Å². The Morgan fingerprint density at radius 2 is 0.606 bits per heavy atom. The number of hydrogen-bond donors (Lipinski definition) is 0. The maximum absolute atomic E-state index is 12.8. The first-order valence-corrected chi connectivity index (χ1v) is 27.9. The van der Waals surface area contributed by atoms with Crippen molar-refractivity contribution in [2.75, 3.05) is 13.2 Å². The molecule has 0 aliphatic carbocycles. The summed E-state index contributed by atoms with van der Waals surface area (Å²) in [4.78, 5) is 38.1. The molecule has 1 unspecified atom stereocenters. The van der Waals surface area contributed by atoms with Crippen molar-refractivity contribution in [3.8, 4) is 0 Å². The molecule has 0 fully saturated rings. The van der Waals surface area contributed by atoms with E-state index < -0.39 is 6.10 Å². The fourth-order valence-corrected chi connectivity index (χ4v) is 7.70. The van der Waals surface area contributed by atoms with E-state index in [0.717, 1.165) is 109 Å². The first-order chi connectivity index (χ1) is 32.5. The molecule has 0 aliphatic heterocycles. The van der Waals surface area contributed by atoms with Crippen LogP contribution in [0.25, 0.3) is 0 Å². The zero-order chi connectivity index (χ0) is 47.9. The van der Waals surface area contributed by atoms with E-state index in [0.29, 0.717) is 19.3 Å². The Hall–Kier alpha value is -3.15. The van der Waals surface area contributed by atoms with Crippen LogP contribution < -0.4 is 0 Å². The van der Waals surface area contributed by atoms with Gasteiger partial charge in [-0.1, -0.05) is 222 Å². The van der Waals surface area contributed by atoms with Crippen molar-refractivity contribution in [1.82, 2.24) is 0 Å². The van der Waals surface area contributed by atoms with Gasteiger partial charge in [-0.15, -0.1) is 0 Å². The number of hydrogen-bond acceptors (Lipinski definition) is 6. The first-order valence-electron chi connectivity index (χ1n) is 27.9. The summed E-state index contributed by atoms with van der Waals surface area (Å²) >= 11 is 0. The molecule has 0 saturated carbocycles. The van der Waals surface area contributed by atoms with Gasteiger partial charge >= 0.3 is 17.9 Å². The molecular formula is C60H104O6. The second-order valence-corrected chi connectivity index (χ2v) is 18.5. The summed E-state index contributed by atoms with van der Waals surface area (Å²) in [6.07, 6.45) is 68.9. The van der Waals surface area contributed by atoms with E-state index in [2.05, 4.69) is 93.7 Å². The van der Waals surface area contributed by atoms with Crippen LogP contribution in [-0.4, -0.2) is 37.2 Å². The van der Waals surface area contributed by atoms with E-state index in [9.17, 15) is 14.4 Å². The van der Waals surface area contributed by atoms with Crippen LogP contribution in [0.3, 0.4) is 0 Å². The SMILES string of the molecule is CC/C=C\C/C=C\C/C=C\C/C=C\CCCCCCCCCCC(=O)OCC(COC(=O)CCCCCCC/C=C\CCCC)OC(=O)CCCCCCC/C=C\CCCCCCCCC. The Balaban J connectivity index is 4.35. The van der Waals surface area contributed by atoms with Crippen molar-refractivity contribution >= 4 is 17.9 Å². The van der Waals surface area contributed by atoms with E-state index in [-0.39, 0.29) is 31.1 Å². The van der Waals surface area contributed by atoms with Crippen molar-refractivity contribution in [2.24, 2.45) is 0 Å². The predicted octanol–water partition coefficient (Wildman–Crippen LogP) is 18.6. The molecule has 0 radical (unpaired) electrons. The summed E-state index contributed by atoms with van der Waals surface area (Å²) in [5.41, 5.74) is 0. The van der Waals surface area contributed by atoms with Crippen molar-refractivity contribution in [1.29, 1.82) is 0 Å². The van der Waals surface area contributed by atoms with Crippen LogP contribution in [0.4, 0.5) is 0 Å². The van der Waals surface area contributed by atoms with Gasteiger partial charge in [0.25, 0.3) is 0 Å². The van der Waals surface area contributed by atoms with Crippen LogP contribution in [0.15, 0.2) is 72.9 Å². The molecule has 0 aromatic rings. The highest BCUT2D eigenvalue weighted by Crippen LogP contribution is 2.15. The van der Waals surface area contributed by atoms with Gasteiger partial charge in [-0.25, -0.2) is 0 Å². The van der Waals surface area contributed by atoms with Crippen LogP contribution in [0.2, 0.25) is 0 Å². The van der Waals surface area contributed by atoms with Crippen LogP contribution in [0.1, 0.15) is 271 Å². The van der Waals surface area contributed by atoms with Crippen molar-refractivity contribution in [3.05, 3.63) is 72.9 Å². The molecule has 0 aromatic heterocycles. The Morgan fingerprint density at radius 3 is 0.985 bits per heavy atom. The van der Waals surface area contributed by atoms with E-state index in [4.69, 9.17) is 14.2 Å².